The Hall–Kier alpha value is -0.650. The fraction of sp³-hybridized carbons (Fsp3) is 0.966. The summed E-state index contributed by atoms with van der Waals surface area (Å²) in [5, 5.41) is 32.7. The van der Waals surface area contributed by atoms with Gasteiger partial charge in [-0.15, -0.1) is 0 Å². The summed E-state index contributed by atoms with van der Waals surface area (Å²) in [6.07, 6.45) is 5.68. The average Bonchev–Trinajstić information content (AvgIpc) is 3.10. The minimum absolute atomic E-state index is 0.0378. The molecule has 5 heteroatoms. The van der Waals surface area contributed by atoms with E-state index in [1.54, 1.807) is 0 Å². The lowest BCUT2D eigenvalue weighted by Crippen LogP contribution is -2.52. The van der Waals surface area contributed by atoms with Crippen LogP contribution in [0.3, 0.4) is 0 Å². The first-order valence-electron chi connectivity index (χ1n) is 14.2. The number of hydrogen-bond acceptors (Lipinski definition) is 5. The van der Waals surface area contributed by atoms with Crippen molar-refractivity contribution in [2.45, 2.75) is 111 Å². The summed E-state index contributed by atoms with van der Waals surface area (Å²) in [5.41, 5.74) is 0.00143. The molecule has 34 heavy (non-hydrogen) atoms. The first-order valence-corrected chi connectivity index (χ1v) is 14.2. The Balaban J connectivity index is 1.56. The van der Waals surface area contributed by atoms with Gasteiger partial charge in [0, 0.05) is 0 Å². The second kappa shape index (κ2) is 9.67. The van der Waals surface area contributed by atoms with Gasteiger partial charge in [-0.1, -0.05) is 48.0 Å². The maximum Gasteiger partial charge on any atom is 0.309 e. The van der Waals surface area contributed by atoms with Gasteiger partial charge in [0.2, 0.25) is 0 Å². The molecule has 3 aliphatic carbocycles. The molecule has 196 valence electrons. The molecule has 4 rings (SSSR count). The number of aliphatic hydroxyl groups is 3. The first kappa shape index (κ1) is 26.4. The number of hydrogen-bond donors (Lipinski definition) is 3. The van der Waals surface area contributed by atoms with E-state index >= 15 is 0 Å². The number of esters is 1. The normalized spacial score (nSPS) is 45.9. The molecule has 1 saturated heterocycles. The molecule has 3 saturated carbocycles. The van der Waals surface area contributed by atoms with Crippen LogP contribution in [0.15, 0.2) is 0 Å². The zero-order valence-corrected chi connectivity index (χ0v) is 22.4. The van der Waals surface area contributed by atoms with Crippen molar-refractivity contribution < 1.29 is 24.9 Å². The van der Waals surface area contributed by atoms with Crippen molar-refractivity contribution in [2.75, 3.05) is 6.61 Å². The number of rotatable bonds is 6. The summed E-state index contributed by atoms with van der Waals surface area (Å²) in [7, 11) is 0. The Morgan fingerprint density at radius 2 is 1.62 bits per heavy atom. The van der Waals surface area contributed by atoms with Crippen LogP contribution in [0, 0.1) is 58.2 Å². The van der Waals surface area contributed by atoms with Crippen molar-refractivity contribution in [3.8, 4) is 0 Å². The molecule has 12 atom stereocenters. The van der Waals surface area contributed by atoms with Crippen LogP contribution in [0.4, 0.5) is 0 Å². The topological polar surface area (TPSA) is 87.0 Å². The molecule has 0 bridgehead atoms. The van der Waals surface area contributed by atoms with Crippen LogP contribution in [0.5, 0.6) is 0 Å². The monoisotopic (exact) mass is 478 g/mol. The van der Waals surface area contributed by atoms with Gasteiger partial charge >= 0.3 is 5.97 Å². The summed E-state index contributed by atoms with van der Waals surface area (Å²) in [6.45, 7) is 13.7. The van der Waals surface area contributed by atoms with Gasteiger partial charge in [0.1, 0.15) is 0 Å². The molecule has 4 aliphatic rings. The van der Waals surface area contributed by atoms with E-state index in [1.165, 1.54) is 0 Å². The number of carbonyl (C=O) groups is 1. The summed E-state index contributed by atoms with van der Waals surface area (Å²) >= 11 is 0. The zero-order valence-electron chi connectivity index (χ0n) is 22.4. The van der Waals surface area contributed by atoms with Crippen LogP contribution in [-0.2, 0) is 9.53 Å². The number of ether oxygens (including phenoxy) is 1. The third-order valence-corrected chi connectivity index (χ3v) is 11.7. The number of fused-ring (bicyclic) bond motifs is 5. The second-order valence-electron chi connectivity index (χ2n) is 13.4. The van der Waals surface area contributed by atoms with E-state index in [0.717, 1.165) is 44.9 Å². The highest BCUT2D eigenvalue weighted by molar-refractivity contribution is 5.74. The van der Waals surface area contributed by atoms with Crippen molar-refractivity contribution in [1.29, 1.82) is 0 Å². The van der Waals surface area contributed by atoms with Crippen molar-refractivity contribution >= 4 is 5.97 Å². The van der Waals surface area contributed by atoms with E-state index in [4.69, 9.17) is 4.74 Å². The predicted molar refractivity (Wildman–Crippen MR) is 133 cm³/mol. The highest BCUT2D eigenvalue weighted by Gasteiger charge is 2.62. The molecule has 1 heterocycles. The van der Waals surface area contributed by atoms with Crippen molar-refractivity contribution in [1.82, 2.24) is 0 Å². The predicted octanol–water partition coefficient (Wildman–Crippen LogP) is 4.81. The third-order valence-electron chi connectivity index (χ3n) is 11.7. The van der Waals surface area contributed by atoms with Crippen molar-refractivity contribution in [2.24, 2.45) is 58.2 Å². The largest absolute Gasteiger partial charge is 0.465 e. The highest BCUT2D eigenvalue weighted by Crippen LogP contribution is 2.66. The molecule has 0 radical (unpaired) electrons. The summed E-state index contributed by atoms with van der Waals surface area (Å²) in [4.78, 5) is 13.0. The van der Waals surface area contributed by atoms with Crippen LogP contribution in [0.2, 0.25) is 0 Å². The van der Waals surface area contributed by atoms with Gasteiger partial charge in [-0.3, -0.25) is 4.79 Å². The standard InChI is InChI=1S/C29H50O5/c1-7-19(16(2)3)26(32)25(31)17(4)21-8-9-22-20-15-34-27(33)24-14-18(30)10-12-29(24,6)23(20)11-13-28(21,22)5/h16-26,30-32H,7-15H2,1-6H3/t17-,18+,19-,20-,21+,22-,23-,24+,25+,26+,28+,29+/m0/s1. The molecule has 0 aromatic heterocycles. The lowest BCUT2D eigenvalue weighted by molar-refractivity contribution is -0.155. The Bertz CT molecular complexity index is 738. The molecule has 1 aliphatic heterocycles. The molecular weight excluding hydrogens is 428 g/mol. The molecule has 0 amide bonds. The molecule has 4 fully saturated rings. The summed E-state index contributed by atoms with van der Waals surface area (Å²) in [5.74, 6) is 1.84. The highest BCUT2D eigenvalue weighted by atomic mass is 16.5. The average molecular weight is 479 g/mol. The van der Waals surface area contributed by atoms with Crippen LogP contribution in [-0.4, -0.2) is 46.2 Å². The van der Waals surface area contributed by atoms with Crippen LogP contribution in [0.25, 0.3) is 0 Å². The minimum atomic E-state index is -0.709. The van der Waals surface area contributed by atoms with Gasteiger partial charge in [-0.25, -0.2) is 0 Å². The Morgan fingerprint density at radius 1 is 0.971 bits per heavy atom. The Kier molecular flexibility index (Phi) is 7.51. The Labute approximate surface area is 207 Å². The SMILES string of the molecule is CC[C@@H](C(C)C)[C@@H](O)[C@H](O)[C@@H](C)[C@H]1CC[C@H]2[C@@H]3COC(=O)[C@H]4C[C@H](O)CC[C@]4(C)[C@H]3CC[C@]12C. The molecule has 0 aromatic carbocycles. The molecular formula is C29H50O5. The number of cyclic esters (lactones) is 1. The van der Waals surface area contributed by atoms with E-state index in [0.29, 0.717) is 42.6 Å². The van der Waals surface area contributed by atoms with Crippen molar-refractivity contribution in [3.05, 3.63) is 0 Å². The second-order valence-corrected chi connectivity index (χ2v) is 13.4. The number of carbonyl (C=O) groups excluding carboxylic acids is 1. The third kappa shape index (κ3) is 4.16. The van der Waals surface area contributed by atoms with Gasteiger partial charge in [0.25, 0.3) is 0 Å². The van der Waals surface area contributed by atoms with E-state index in [1.807, 2.05) is 0 Å². The fourth-order valence-corrected chi connectivity index (χ4v) is 9.55. The van der Waals surface area contributed by atoms with E-state index in [-0.39, 0.29) is 34.6 Å². The molecule has 0 spiro atoms. The van der Waals surface area contributed by atoms with Crippen molar-refractivity contribution in [3.63, 3.8) is 0 Å². The lowest BCUT2D eigenvalue weighted by atomic mass is 9.48. The zero-order chi connectivity index (χ0) is 25.0. The van der Waals surface area contributed by atoms with Crippen LogP contribution in [0.1, 0.15) is 92.9 Å². The van der Waals surface area contributed by atoms with Gasteiger partial charge in [0.05, 0.1) is 30.8 Å². The van der Waals surface area contributed by atoms with Gasteiger partial charge in [-0.05, 0) is 97.2 Å². The molecule has 3 N–H and O–H groups in total. The van der Waals surface area contributed by atoms with Gasteiger partial charge < -0.3 is 20.1 Å². The fourth-order valence-electron chi connectivity index (χ4n) is 9.55. The summed E-state index contributed by atoms with van der Waals surface area (Å²) < 4.78 is 5.92. The molecule has 0 unspecified atom stereocenters. The molecule has 5 nitrogen and oxygen atoms in total. The van der Waals surface area contributed by atoms with E-state index in [2.05, 4.69) is 41.5 Å². The van der Waals surface area contributed by atoms with Crippen LogP contribution >= 0.6 is 0 Å². The maximum absolute atomic E-state index is 13.0. The van der Waals surface area contributed by atoms with Crippen LogP contribution < -0.4 is 0 Å². The van der Waals surface area contributed by atoms with Gasteiger partial charge in [0.15, 0.2) is 0 Å². The summed E-state index contributed by atoms with van der Waals surface area (Å²) in [6, 6.07) is 0. The van der Waals surface area contributed by atoms with E-state index < -0.39 is 18.3 Å². The molecule has 0 aromatic rings. The van der Waals surface area contributed by atoms with E-state index in [9.17, 15) is 20.1 Å². The first-order chi connectivity index (χ1) is 16.0. The maximum atomic E-state index is 13.0. The number of aliphatic hydroxyl groups excluding tert-OH is 3. The minimum Gasteiger partial charge on any atom is -0.465 e. The smallest absolute Gasteiger partial charge is 0.309 e. The lowest BCUT2D eigenvalue weighted by Gasteiger charge is -2.55. The van der Waals surface area contributed by atoms with Gasteiger partial charge in [-0.2, -0.15) is 0 Å². The Morgan fingerprint density at radius 3 is 2.26 bits per heavy atom. The quantitative estimate of drug-likeness (QED) is 0.477.